The monoisotopic (exact) mass is 345 g/mol. The van der Waals surface area contributed by atoms with Crippen LogP contribution in [0.2, 0.25) is 5.02 Å². The van der Waals surface area contributed by atoms with Gasteiger partial charge in [-0.05, 0) is 24.5 Å². The second-order valence-electron chi connectivity index (χ2n) is 5.89. The summed E-state index contributed by atoms with van der Waals surface area (Å²) in [5.74, 6) is 0.229. The number of para-hydroxylation sites is 1. The lowest BCUT2D eigenvalue weighted by Gasteiger charge is -2.34. The molecular formula is C17H20ClN5O. The van der Waals surface area contributed by atoms with Crippen molar-refractivity contribution < 1.29 is 4.79 Å². The van der Waals surface area contributed by atoms with E-state index in [9.17, 15) is 4.79 Å². The van der Waals surface area contributed by atoms with E-state index in [-0.39, 0.29) is 11.8 Å². The highest BCUT2D eigenvalue weighted by molar-refractivity contribution is 6.30. The highest BCUT2D eigenvalue weighted by Gasteiger charge is 2.25. The number of benzene rings is 1. The van der Waals surface area contributed by atoms with Crippen molar-refractivity contribution >= 4 is 29.1 Å². The van der Waals surface area contributed by atoms with Crippen LogP contribution in [0.15, 0.2) is 36.7 Å². The zero-order chi connectivity index (χ0) is 16.9. The van der Waals surface area contributed by atoms with E-state index in [1.807, 2.05) is 12.1 Å². The second kappa shape index (κ2) is 7.49. The summed E-state index contributed by atoms with van der Waals surface area (Å²) < 4.78 is 0. The normalized spacial score (nSPS) is 17.5. The summed E-state index contributed by atoms with van der Waals surface area (Å²) in [4.78, 5) is 22.0. The molecule has 0 unspecified atom stereocenters. The van der Waals surface area contributed by atoms with E-state index in [0.29, 0.717) is 24.1 Å². The Morgan fingerprint density at radius 1 is 1.33 bits per heavy atom. The van der Waals surface area contributed by atoms with E-state index in [0.717, 1.165) is 30.6 Å². The van der Waals surface area contributed by atoms with E-state index in [2.05, 4.69) is 32.3 Å². The van der Waals surface area contributed by atoms with Gasteiger partial charge in [-0.3, -0.25) is 4.79 Å². The minimum atomic E-state index is -0.218. The van der Waals surface area contributed by atoms with E-state index in [4.69, 9.17) is 17.3 Å². The third-order valence-corrected chi connectivity index (χ3v) is 4.41. The second-order valence-corrected chi connectivity index (χ2v) is 6.33. The first-order valence-electron chi connectivity index (χ1n) is 7.97. The first-order chi connectivity index (χ1) is 11.6. The SMILES string of the molecule is NC(=O)[C@H]1CCCN(c2ccccc2CNc2ncc(Cl)cn2)C1. The summed E-state index contributed by atoms with van der Waals surface area (Å²) in [6, 6.07) is 8.14. The zero-order valence-corrected chi connectivity index (χ0v) is 14.0. The molecule has 1 atom stereocenters. The molecule has 3 N–H and O–H groups in total. The minimum absolute atomic E-state index is 0.0839. The lowest BCUT2D eigenvalue weighted by molar-refractivity contribution is -0.122. The molecular weight excluding hydrogens is 326 g/mol. The number of piperidine rings is 1. The van der Waals surface area contributed by atoms with Gasteiger partial charge < -0.3 is 16.0 Å². The topological polar surface area (TPSA) is 84.1 Å². The third-order valence-electron chi connectivity index (χ3n) is 4.21. The number of carbonyl (C=O) groups excluding carboxylic acids is 1. The summed E-state index contributed by atoms with van der Waals surface area (Å²) >= 11 is 5.80. The number of primary amides is 1. The van der Waals surface area contributed by atoms with Crippen LogP contribution in [0, 0.1) is 5.92 Å². The van der Waals surface area contributed by atoms with Gasteiger partial charge in [0.25, 0.3) is 0 Å². The Labute approximate surface area is 146 Å². The Morgan fingerprint density at radius 2 is 2.08 bits per heavy atom. The average molecular weight is 346 g/mol. The van der Waals surface area contributed by atoms with Crippen LogP contribution in [0.1, 0.15) is 18.4 Å². The smallest absolute Gasteiger partial charge is 0.222 e. The molecule has 2 heterocycles. The first-order valence-corrected chi connectivity index (χ1v) is 8.35. The van der Waals surface area contributed by atoms with E-state index < -0.39 is 0 Å². The highest BCUT2D eigenvalue weighted by atomic mass is 35.5. The molecule has 24 heavy (non-hydrogen) atoms. The van der Waals surface area contributed by atoms with Crippen LogP contribution in [-0.2, 0) is 11.3 Å². The number of aromatic nitrogens is 2. The predicted molar refractivity (Wildman–Crippen MR) is 94.9 cm³/mol. The molecule has 1 aromatic carbocycles. The van der Waals surface area contributed by atoms with Crippen LogP contribution >= 0.6 is 11.6 Å². The number of nitrogens with one attached hydrogen (secondary N) is 1. The van der Waals surface area contributed by atoms with Crippen molar-refractivity contribution in [1.82, 2.24) is 9.97 Å². The maximum absolute atomic E-state index is 11.5. The number of amides is 1. The van der Waals surface area contributed by atoms with Gasteiger partial charge in [0, 0.05) is 25.3 Å². The van der Waals surface area contributed by atoms with Gasteiger partial charge in [0.05, 0.1) is 23.3 Å². The molecule has 7 heteroatoms. The molecule has 1 amide bonds. The van der Waals surface area contributed by atoms with Crippen molar-refractivity contribution in [2.45, 2.75) is 19.4 Å². The van der Waals surface area contributed by atoms with Crippen LogP contribution in [0.25, 0.3) is 0 Å². The number of carbonyl (C=O) groups is 1. The predicted octanol–water partition coefficient (Wildman–Crippen LogP) is 2.44. The standard InChI is InChI=1S/C17H20ClN5O/c18-14-9-21-17(22-10-14)20-8-12-4-1-2-6-15(12)23-7-3-5-13(11-23)16(19)24/h1-2,4,6,9-10,13H,3,5,7-8,11H2,(H2,19,24)(H,20,21,22)/t13-/m0/s1. The van der Waals surface area contributed by atoms with Crippen molar-refractivity contribution in [3.63, 3.8) is 0 Å². The molecule has 1 fully saturated rings. The fraction of sp³-hybridized carbons (Fsp3) is 0.353. The Bertz CT molecular complexity index is 706. The molecule has 126 valence electrons. The molecule has 1 aliphatic rings. The largest absolute Gasteiger partial charge is 0.370 e. The number of halogens is 1. The molecule has 0 bridgehead atoms. The van der Waals surface area contributed by atoms with Crippen molar-refractivity contribution in [3.05, 3.63) is 47.2 Å². The Hall–Kier alpha value is -2.34. The van der Waals surface area contributed by atoms with Gasteiger partial charge in [-0.15, -0.1) is 0 Å². The zero-order valence-electron chi connectivity index (χ0n) is 13.3. The number of rotatable bonds is 5. The maximum Gasteiger partial charge on any atom is 0.222 e. The summed E-state index contributed by atoms with van der Waals surface area (Å²) in [6.45, 7) is 2.19. The van der Waals surface area contributed by atoms with Gasteiger partial charge >= 0.3 is 0 Å². The molecule has 3 rings (SSSR count). The highest BCUT2D eigenvalue weighted by Crippen LogP contribution is 2.26. The summed E-state index contributed by atoms with van der Waals surface area (Å²) in [7, 11) is 0. The molecule has 1 aliphatic heterocycles. The van der Waals surface area contributed by atoms with Crippen LogP contribution in [0.3, 0.4) is 0 Å². The van der Waals surface area contributed by atoms with Crippen LogP contribution in [-0.4, -0.2) is 29.0 Å². The average Bonchev–Trinajstić information content (AvgIpc) is 2.61. The van der Waals surface area contributed by atoms with Crippen molar-refractivity contribution in [2.24, 2.45) is 11.7 Å². The molecule has 2 aromatic rings. The fourth-order valence-corrected chi connectivity index (χ4v) is 3.07. The Kier molecular flexibility index (Phi) is 5.15. The van der Waals surface area contributed by atoms with Gasteiger partial charge in [-0.1, -0.05) is 29.8 Å². The molecule has 0 spiro atoms. The molecule has 1 saturated heterocycles. The first kappa shape index (κ1) is 16.5. The van der Waals surface area contributed by atoms with Crippen LogP contribution in [0.5, 0.6) is 0 Å². The number of hydrogen-bond donors (Lipinski definition) is 2. The molecule has 0 aliphatic carbocycles. The van der Waals surface area contributed by atoms with Gasteiger partial charge in [-0.25, -0.2) is 9.97 Å². The number of hydrogen-bond acceptors (Lipinski definition) is 5. The minimum Gasteiger partial charge on any atom is -0.370 e. The van der Waals surface area contributed by atoms with E-state index in [1.54, 1.807) is 12.4 Å². The van der Waals surface area contributed by atoms with Crippen molar-refractivity contribution in [2.75, 3.05) is 23.3 Å². The lowest BCUT2D eigenvalue weighted by Crippen LogP contribution is -2.41. The van der Waals surface area contributed by atoms with Crippen molar-refractivity contribution in [3.8, 4) is 0 Å². The van der Waals surface area contributed by atoms with Gasteiger partial charge in [0.1, 0.15) is 0 Å². The summed E-state index contributed by atoms with van der Waals surface area (Å²) in [5, 5.41) is 3.71. The van der Waals surface area contributed by atoms with Crippen LogP contribution in [0.4, 0.5) is 11.6 Å². The fourth-order valence-electron chi connectivity index (χ4n) is 2.97. The number of nitrogens with zero attached hydrogens (tertiary/aromatic N) is 3. The number of nitrogens with two attached hydrogens (primary N) is 1. The summed E-state index contributed by atoms with van der Waals surface area (Å²) in [5.41, 5.74) is 7.73. The Balaban J connectivity index is 1.72. The van der Waals surface area contributed by atoms with Crippen molar-refractivity contribution in [1.29, 1.82) is 0 Å². The maximum atomic E-state index is 11.5. The summed E-state index contributed by atoms with van der Waals surface area (Å²) in [6.07, 6.45) is 4.95. The third kappa shape index (κ3) is 3.94. The van der Waals surface area contributed by atoms with Gasteiger partial charge in [0.2, 0.25) is 11.9 Å². The molecule has 1 aromatic heterocycles. The lowest BCUT2D eigenvalue weighted by atomic mass is 9.96. The molecule has 6 nitrogen and oxygen atoms in total. The van der Waals surface area contributed by atoms with Gasteiger partial charge in [-0.2, -0.15) is 0 Å². The molecule has 0 saturated carbocycles. The molecule has 0 radical (unpaired) electrons. The quantitative estimate of drug-likeness (QED) is 0.869. The number of anilines is 2. The Morgan fingerprint density at radius 3 is 2.83 bits per heavy atom. The van der Waals surface area contributed by atoms with Crippen LogP contribution < -0.4 is 16.0 Å². The van der Waals surface area contributed by atoms with Gasteiger partial charge in [0.15, 0.2) is 0 Å². The van der Waals surface area contributed by atoms with E-state index in [1.165, 1.54) is 0 Å². The van der Waals surface area contributed by atoms with E-state index >= 15 is 0 Å².